The van der Waals surface area contributed by atoms with Crippen LogP contribution in [0.3, 0.4) is 0 Å². The second-order valence-corrected chi connectivity index (χ2v) is 4.00. The van der Waals surface area contributed by atoms with E-state index >= 15 is 0 Å². The van der Waals surface area contributed by atoms with Crippen LogP contribution in [0.5, 0.6) is 5.75 Å². The number of ketones is 1. The minimum absolute atomic E-state index is 0.281. The second kappa shape index (κ2) is 5.87. The van der Waals surface area contributed by atoms with Gasteiger partial charge in [-0.3, -0.25) is 4.79 Å². The van der Waals surface area contributed by atoms with Gasteiger partial charge >= 0.3 is 0 Å². The molecule has 0 fully saturated rings. The third-order valence-corrected chi connectivity index (χ3v) is 2.69. The van der Waals surface area contributed by atoms with Crippen LogP contribution < -0.4 is 4.74 Å². The molecule has 0 saturated carbocycles. The number of carbonyl (C=O) groups is 1. The number of rotatable bonds is 4. The van der Waals surface area contributed by atoms with Crippen molar-refractivity contribution in [2.24, 2.45) is 0 Å². The number of allylic oxidation sites excluding steroid dienone is 1. The van der Waals surface area contributed by atoms with Crippen LogP contribution in [0.1, 0.15) is 15.9 Å². The lowest BCUT2D eigenvalue weighted by atomic mass is 10.1. The number of benzene rings is 2. The summed E-state index contributed by atoms with van der Waals surface area (Å²) in [7, 11) is 1.56. The molecule has 96 valence electrons. The van der Waals surface area contributed by atoms with E-state index in [0.717, 1.165) is 5.56 Å². The predicted octanol–water partition coefficient (Wildman–Crippen LogP) is 3.48. The van der Waals surface area contributed by atoms with Crippen LogP contribution in [-0.4, -0.2) is 18.0 Å². The number of Topliss-reactive ketones (excluding diaryl/α,β-unsaturated/α-hetero) is 1. The number of aliphatic hydroxyl groups is 1. The summed E-state index contributed by atoms with van der Waals surface area (Å²) in [6.45, 7) is 0. The van der Waals surface area contributed by atoms with Gasteiger partial charge in [-0.25, -0.2) is 0 Å². The molecule has 0 aliphatic heterocycles. The van der Waals surface area contributed by atoms with E-state index in [1.54, 1.807) is 31.4 Å². The van der Waals surface area contributed by atoms with Gasteiger partial charge in [0.2, 0.25) is 5.78 Å². The van der Waals surface area contributed by atoms with Gasteiger partial charge in [0.25, 0.3) is 0 Å². The zero-order chi connectivity index (χ0) is 13.7. The van der Waals surface area contributed by atoms with E-state index in [2.05, 4.69) is 0 Å². The van der Waals surface area contributed by atoms with Gasteiger partial charge in [0.05, 0.1) is 7.11 Å². The van der Waals surface area contributed by atoms with Crippen molar-refractivity contribution in [3.8, 4) is 5.75 Å². The highest BCUT2D eigenvalue weighted by atomic mass is 16.5. The summed E-state index contributed by atoms with van der Waals surface area (Å²) < 4.78 is 5.02. The number of methoxy groups -OCH3 is 1. The lowest BCUT2D eigenvalue weighted by Gasteiger charge is -2.02. The highest BCUT2D eigenvalue weighted by molar-refractivity contribution is 6.09. The molecular weight excluding hydrogens is 240 g/mol. The first-order chi connectivity index (χ1) is 9.20. The Morgan fingerprint density at radius 2 is 1.68 bits per heavy atom. The summed E-state index contributed by atoms with van der Waals surface area (Å²) in [6, 6.07) is 15.8. The van der Waals surface area contributed by atoms with Gasteiger partial charge in [0.15, 0.2) is 5.76 Å². The minimum Gasteiger partial charge on any atom is -0.504 e. The Labute approximate surface area is 111 Å². The Hall–Kier alpha value is -2.55. The Balaban J connectivity index is 2.21. The lowest BCUT2D eigenvalue weighted by Crippen LogP contribution is -2.02. The second-order valence-electron chi connectivity index (χ2n) is 4.00. The smallest absolute Gasteiger partial charge is 0.227 e. The molecule has 2 aromatic rings. The van der Waals surface area contributed by atoms with Gasteiger partial charge < -0.3 is 9.84 Å². The van der Waals surface area contributed by atoms with E-state index < -0.39 is 5.78 Å². The fourth-order valence-electron chi connectivity index (χ4n) is 1.66. The van der Waals surface area contributed by atoms with Crippen LogP contribution >= 0.6 is 0 Å². The maximum atomic E-state index is 12.0. The largest absolute Gasteiger partial charge is 0.504 e. The van der Waals surface area contributed by atoms with Gasteiger partial charge in [-0.05, 0) is 35.9 Å². The monoisotopic (exact) mass is 254 g/mol. The number of hydrogen-bond donors (Lipinski definition) is 1. The number of carbonyl (C=O) groups excluding carboxylic acids is 1. The van der Waals surface area contributed by atoms with Crippen molar-refractivity contribution in [1.82, 2.24) is 0 Å². The molecule has 0 amide bonds. The topological polar surface area (TPSA) is 46.5 Å². The first-order valence-electron chi connectivity index (χ1n) is 5.85. The summed E-state index contributed by atoms with van der Waals surface area (Å²) in [5.41, 5.74) is 1.20. The maximum Gasteiger partial charge on any atom is 0.227 e. The van der Waals surface area contributed by atoms with Gasteiger partial charge in [-0.15, -0.1) is 0 Å². The average molecular weight is 254 g/mol. The summed E-state index contributed by atoms with van der Waals surface area (Å²) in [6.07, 6.45) is 1.45. The molecule has 0 saturated heterocycles. The molecule has 0 bridgehead atoms. The number of ether oxygens (including phenoxy) is 1. The molecule has 0 aliphatic rings. The molecular formula is C16H14O3. The standard InChI is InChI=1S/C16H14O3/c1-19-14-9-7-13(8-10-14)16(18)15(17)11-12-5-3-2-4-6-12/h2-11,17H,1H3/b15-11+. The zero-order valence-electron chi connectivity index (χ0n) is 10.5. The summed E-state index contributed by atoms with van der Waals surface area (Å²) >= 11 is 0. The molecule has 0 aromatic heterocycles. The van der Waals surface area contributed by atoms with Gasteiger partial charge in [0, 0.05) is 5.56 Å². The van der Waals surface area contributed by atoms with Gasteiger partial charge in [-0.2, -0.15) is 0 Å². The van der Waals surface area contributed by atoms with E-state index in [1.165, 1.54) is 6.08 Å². The zero-order valence-corrected chi connectivity index (χ0v) is 10.5. The van der Waals surface area contributed by atoms with Gasteiger partial charge in [0.1, 0.15) is 5.75 Å². The van der Waals surface area contributed by atoms with Crippen LogP contribution in [0.4, 0.5) is 0 Å². The predicted molar refractivity (Wildman–Crippen MR) is 74.4 cm³/mol. The first-order valence-corrected chi connectivity index (χ1v) is 5.85. The molecule has 0 aliphatic carbocycles. The Morgan fingerprint density at radius 1 is 1.05 bits per heavy atom. The van der Waals surface area contributed by atoms with E-state index in [-0.39, 0.29) is 5.76 Å². The molecule has 3 heteroatoms. The van der Waals surface area contributed by atoms with Crippen molar-refractivity contribution in [2.75, 3.05) is 7.11 Å². The lowest BCUT2D eigenvalue weighted by molar-refractivity contribution is 0.0980. The van der Waals surface area contributed by atoms with Crippen LogP contribution in [0.2, 0.25) is 0 Å². The Morgan fingerprint density at radius 3 is 2.26 bits per heavy atom. The van der Waals surface area contributed by atoms with Crippen molar-refractivity contribution in [3.63, 3.8) is 0 Å². The van der Waals surface area contributed by atoms with E-state index in [4.69, 9.17) is 4.74 Å². The molecule has 19 heavy (non-hydrogen) atoms. The SMILES string of the molecule is COc1ccc(C(=O)/C(O)=C\c2ccccc2)cc1. The normalized spacial score (nSPS) is 11.1. The van der Waals surface area contributed by atoms with Crippen LogP contribution in [0, 0.1) is 0 Å². The van der Waals surface area contributed by atoms with E-state index in [0.29, 0.717) is 11.3 Å². The Kier molecular flexibility index (Phi) is 3.98. The number of aliphatic hydroxyl groups excluding tert-OH is 1. The molecule has 0 heterocycles. The molecule has 0 unspecified atom stereocenters. The van der Waals surface area contributed by atoms with Crippen molar-refractivity contribution >= 4 is 11.9 Å². The molecule has 0 radical (unpaired) electrons. The van der Waals surface area contributed by atoms with E-state index in [1.807, 2.05) is 30.3 Å². The third kappa shape index (κ3) is 3.22. The van der Waals surface area contributed by atoms with Crippen LogP contribution in [0.15, 0.2) is 60.4 Å². The molecule has 2 rings (SSSR count). The molecule has 2 aromatic carbocycles. The fourth-order valence-corrected chi connectivity index (χ4v) is 1.66. The quantitative estimate of drug-likeness (QED) is 0.516. The van der Waals surface area contributed by atoms with Crippen molar-refractivity contribution < 1.29 is 14.6 Å². The molecule has 3 nitrogen and oxygen atoms in total. The van der Waals surface area contributed by atoms with Crippen LogP contribution in [-0.2, 0) is 0 Å². The molecule has 0 atom stereocenters. The summed E-state index contributed by atoms with van der Waals surface area (Å²) in [5, 5.41) is 9.83. The third-order valence-electron chi connectivity index (χ3n) is 2.69. The Bertz CT molecular complexity index is 583. The van der Waals surface area contributed by atoms with Crippen molar-refractivity contribution in [3.05, 3.63) is 71.5 Å². The van der Waals surface area contributed by atoms with Crippen LogP contribution in [0.25, 0.3) is 6.08 Å². The highest BCUT2D eigenvalue weighted by Crippen LogP contribution is 2.15. The van der Waals surface area contributed by atoms with Crippen molar-refractivity contribution in [2.45, 2.75) is 0 Å². The minimum atomic E-state index is -0.411. The number of hydrogen-bond acceptors (Lipinski definition) is 3. The molecule has 0 spiro atoms. The van der Waals surface area contributed by atoms with E-state index in [9.17, 15) is 9.90 Å². The highest BCUT2D eigenvalue weighted by Gasteiger charge is 2.10. The molecule has 1 N–H and O–H groups in total. The maximum absolute atomic E-state index is 12.0. The van der Waals surface area contributed by atoms with Gasteiger partial charge in [-0.1, -0.05) is 30.3 Å². The summed E-state index contributed by atoms with van der Waals surface area (Å²) in [5.74, 6) is -0.0223. The average Bonchev–Trinajstić information content (AvgIpc) is 2.47. The fraction of sp³-hybridized carbons (Fsp3) is 0.0625. The van der Waals surface area contributed by atoms with Crippen molar-refractivity contribution in [1.29, 1.82) is 0 Å². The first kappa shape index (κ1) is 12.9. The summed E-state index contributed by atoms with van der Waals surface area (Å²) in [4.78, 5) is 12.0.